The van der Waals surface area contributed by atoms with Crippen LogP contribution in [0, 0.1) is 0 Å². The van der Waals surface area contributed by atoms with Crippen molar-refractivity contribution in [3.63, 3.8) is 0 Å². The molecule has 1 saturated carbocycles. The zero-order valence-electron chi connectivity index (χ0n) is 7.51. The van der Waals surface area contributed by atoms with Crippen LogP contribution in [0.15, 0.2) is 0 Å². The molecule has 0 radical (unpaired) electrons. The summed E-state index contributed by atoms with van der Waals surface area (Å²) in [7, 11) is 0. The van der Waals surface area contributed by atoms with Crippen LogP contribution in [0.2, 0.25) is 0 Å². The molecule has 1 heterocycles. The van der Waals surface area contributed by atoms with Crippen LogP contribution in [0.5, 0.6) is 0 Å². The van der Waals surface area contributed by atoms with Gasteiger partial charge in [0.25, 0.3) is 0 Å². The Morgan fingerprint density at radius 2 is 2.00 bits per heavy atom. The second kappa shape index (κ2) is 4.21. The van der Waals surface area contributed by atoms with E-state index in [2.05, 4.69) is 10.8 Å². The third-order valence-corrected chi connectivity index (χ3v) is 2.76. The Labute approximate surface area is 73.8 Å². The average Bonchev–Trinajstić information content (AvgIpc) is 2.74. The lowest BCUT2D eigenvalue weighted by atomic mass is 10.3. The molecular formula is C9H18N2O. The van der Waals surface area contributed by atoms with Gasteiger partial charge < -0.3 is 5.32 Å². The minimum absolute atomic E-state index is 0.491. The molecule has 1 unspecified atom stereocenters. The molecule has 1 saturated heterocycles. The summed E-state index contributed by atoms with van der Waals surface area (Å²) in [5.41, 5.74) is 3.16. The fourth-order valence-corrected chi connectivity index (χ4v) is 1.95. The van der Waals surface area contributed by atoms with Crippen molar-refractivity contribution in [1.82, 2.24) is 10.8 Å². The lowest BCUT2D eigenvalue weighted by Gasteiger charge is -2.15. The number of hydrogen-bond acceptors (Lipinski definition) is 3. The number of rotatable bonds is 3. The van der Waals surface area contributed by atoms with E-state index in [0.29, 0.717) is 12.1 Å². The third kappa shape index (κ3) is 2.19. The van der Waals surface area contributed by atoms with Gasteiger partial charge in [-0.1, -0.05) is 12.8 Å². The third-order valence-electron chi connectivity index (χ3n) is 2.76. The molecule has 0 aromatic heterocycles. The lowest BCUT2D eigenvalue weighted by Crippen LogP contribution is -2.34. The van der Waals surface area contributed by atoms with Crippen LogP contribution in [0.3, 0.4) is 0 Å². The van der Waals surface area contributed by atoms with E-state index in [1.54, 1.807) is 0 Å². The normalized spacial score (nSPS) is 31.5. The Morgan fingerprint density at radius 1 is 1.17 bits per heavy atom. The van der Waals surface area contributed by atoms with E-state index >= 15 is 0 Å². The van der Waals surface area contributed by atoms with Crippen molar-refractivity contribution in [2.45, 2.75) is 44.2 Å². The van der Waals surface area contributed by atoms with Crippen LogP contribution < -0.4 is 10.8 Å². The minimum atomic E-state index is 0.491. The van der Waals surface area contributed by atoms with Crippen molar-refractivity contribution in [2.75, 3.05) is 13.1 Å². The van der Waals surface area contributed by atoms with E-state index in [1.807, 2.05) is 0 Å². The summed E-state index contributed by atoms with van der Waals surface area (Å²) in [6.07, 6.45) is 6.86. The Bertz CT molecular complexity index is 112. The van der Waals surface area contributed by atoms with Gasteiger partial charge in [0.2, 0.25) is 0 Å². The maximum absolute atomic E-state index is 5.60. The highest BCUT2D eigenvalue weighted by atomic mass is 16.7. The number of hydroxylamine groups is 1. The Kier molecular flexibility index (Phi) is 2.98. The fraction of sp³-hybridized carbons (Fsp3) is 1.00. The van der Waals surface area contributed by atoms with Crippen LogP contribution in [0.1, 0.15) is 32.1 Å². The molecular weight excluding hydrogens is 152 g/mol. The number of nitrogens with one attached hydrogen (secondary N) is 2. The molecule has 2 aliphatic rings. The van der Waals surface area contributed by atoms with Gasteiger partial charge in [0.1, 0.15) is 0 Å². The molecule has 2 rings (SSSR count). The topological polar surface area (TPSA) is 33.3 Å². The monoisotopic (exact) mass is 170 g/mol. The highest BCUT2D eigenvalue weighted by molar-refractivity contribution is 4.75. The fourth-order valence-electron chi connectivity index (χ4n) is 1.95. The van der Waals surface area contributed by atoms with Gasteiger partial charge in [0, 0.05) is 12.6 Å². The summed E-state index contributed by atoms with van der Waals surface area (Å²) in [4.78, 5) is 5.60. The predicted octanol–water partition coefficient (Wildman–Crippen LogP) is 0.812. The maximum Gasteiger partial charge on any atom is 0.0790 e. The standard InChI is InChI=1S/C9H18N2O/c1-2-4-9(3-1)12-11-8-5-6-10-7-8/h8-11H,1-7H2. The molecule has 3 nitrogen and oxygen atoms in total. The molecule has 0 spiro atoms. The van der Waals surface area contributed by atoms with E-state index in [4.69, 9.17) is 4.84 Å². The molecule has 0 amide bonds. The van der Waals surface area contributed by atoms with Gasteiger partial charge in [-0.15, -0.1) is 0 Å². The van der Waals surface area contributed by atoms with E-state index in [9.17, 15) is 0 Å². The highest BCUT2D eigenvalue weighted by Gasteiger charge is 2.19. The van der Waals surface area contributed by atoms with E-state index < -0.39 is 0 Å². The second-order valence-corrected chi connectivity index (χ2v) is 3.83. The first-order valence-corrected chi connectivity index (χ1v) is 5.07. The van der Waals surface area contributed by atoms with Crippen LogP contribution in [-0.4, -0.2) is 25.2 Å². The first kappa shape index (κ1) is 8.48. The van der Waals surface area contributed by atoms with E-state index in [-0.39, 0.29) is 0 Å². The molecule has 0 aromatic rings. The van der Waals surface area contributed by atoms with Gasteiger partial charge in [0.05, 0.1) is 6.10 Å². The van der Waals surface area contributed by atoms with E-state index in [0.717, 1.165) is 13.1 Å². The molecule has 70 valence electrons. The molecule has 2 fully saturated rings. The molecule has 3 heteroatoms. The molecule has 0 bridgehead atoms. The van der Waals surface area contributed by atoms with Gasteiger partial charge in [-0.2, -0.15) is 5.48 Å². The van der Waals surface area contributed by atoms with Crippen molar-refractivity contribution < 1.29 is 4.84 Å². The summed E-state index contributed by atoms with van der Waals surface area (Å²) >= 11 is 0. The summed E-state index contributed by atoms with van der Waals surface area (Å²) in [5.74, 6) is 0. The van der Waals surface area contributed by atoms with Gasteiger partial charge in [-0.05, 0) is 25.8 Å². The summed E-state index contributed by atoms with van der Waals surface area (Å²) in [6.45, 7) is 2.19. The first-order valence-electron chi connectivity index (χ1n) is 5.07. The van der Waals surface area contributed by atoms with Crippen LogP contribution in [0.4, 0.5) is 0 Å². The molecule has 12 heavy (non-hydrogen) atoms. The molecule has 0 aromatic carbocycles. The summed E-state index contributed by atoms with van der Waals surface area (Å²) in [5, 5.41) is 3.31. The zero-order valence-corrected chi connectivity index (χ0v) is 7.51. The van der Waals surface area contributed by atoms with Gasteiger partial charge in [-0.25, -0.2) is 0 Å². The largest absolute Gasteiger partial charge is 0.315 e. The van der Waals surface area contributed by atoms with Crippen LogP contribution >= 0.6 is 0 Å². The Morgan fingerprint density at radius 3 is 2.67 bits per heavy atom. The van der Waals surface area contributed by atoms with Crippen molar-refractivity contribution in [1.29, 1.82) is 0 Å². The first-order chi connectivity index (χ1) is 5.95. The van der Waals surface area contributed by atoms with Crippen molar-refractivity contribution in [2.24, 2.45) is 0 Å². The quantitative estimate of drug-likeness (QED) is 0.615. The molecule has 1 atom stereocenters. The Hall–Kier alpha value is -0.120. The highest BCUT2D eigenvalue weighted by Crippen LogP contribution is 2.20. The van der Waals surface area contributed by atoms with E-state index in [1.165, 1.54) is 32.1 Å². The minimum Gasteiger partial charge on any atom is -0.315 e. The maximum atomic E-state index is 5.60. The molecule has 1 aliphatic heterocycles. The zero-order chi connectivity index (χ0) is 8.23. The Balaban J connectivity index is 1.60. The molecule has 2 N–H and O–H groups in total. The van der Waals surface area contributed by atoms with Crippen molar-refractivity contribution in [3.8, 4) is 0 Å². The predicted molar refractivity (Wildman–Crippen MR) is 47.8 cm³/mol. The van der Waals surface area contributed by atoms with Gasteiger partial charge in [0.15, 0.2) is 0 Å². The average molecular weight is 170 g/mol. The van der Waals surface area contributed by atoms with Gasteiger partial charge >= 0.3 is 0 Å². The number of hydrogen-bond donors (Lipinski definition) is 2. The van der Waals surface area contributed by atoms with Crippen LogP contribution in [-0.2, 0) is 4.84 Å². The van der Waals surface area contributed by atoms with Gasteiger partial charge in [-0.3, -0.25) is 4.84 Å². The second-order valence-electron chi connectivity index (χ2n) is 3.83. The summed E-state index contributed by atoms with van der Waals surface area (Å²) < 4.78 is 0. The summed E-state index contributed by atoms with van der Waals surface area (Å²) in [6, 6.07) is 0.547. The SMILES string of the molecule is C1CCC(ONC2CCNC2)C1. The lowest BCUT2D eigenvalue weighted by molar-refractivity contribution is -0.0366. The molecule has 1 aliphatic carbocycles. The van der Waals surface area contributed by atoms with Crippen molar-refractivity contribution in [3.05, 3.63) is 0 Å². The van der Waals surface area contributed by atoms with Crippen LogP contribution in [0.25, 0.3) is 0 Å². The smallest absolute Gasteiger partial charge is 0.0790 e. The van der Waals surface area contributed by atoms with Crippen molar-refractivity contribution >= 4 is 0 Å².